The Labute approximate surface area is 129 Å². The summed E-state index contributed by atoms with van der Waals surface area (Å²) in [6.07, 6.45) is 0.382. The lowest BCUT2D eigenvalue weighted by Gasteiger charge is -2.26. The Hall–Kier alpha value is -1.34. The molecule has 1 atom stereocenters. The summed E-state index contributed by atoms with van der Waals surface area (Å²) >= 11 is 6.92. The Morgan fingerprint density at radius 2 is 2.14 bits per heavy atom. The average molecular weight is 336 g/mol. The number of benzene rings is 1. The van der Waals surface area contributed by atoms with Crippen molar-refractivity contribution in [2.45, 2.75) is 12.0 Å². The first-order valence-corrected chi connectivity index (χ1v) is 7.57. The summed E-state index contributed by atoms with van der Waals surface area (Å²) in [5.74, 6) is -2.52. The van der Waals surface area contributed by atoms with Crippen molar-refractivity contribution in [2.24, 2.45) is 0 Å². The second-order valence-corrected chi connectivity index (χ2v) is 6.04. The SMILES string of the molecule is COC(=O)[C@]1(NC(=O)c2ccc(F)c(Cl)c2F)CCSC1. The van der Waals surface area contributed by atoms with Gasteiger partial charge in [-0.3, -0.25) is 4.79 Å². The molecule has 0 aromatic heterocycles. The van der Waals surface area contributed by atoms with Crippen molar-refractivity contribution in [3.63, 3.8) is 0 Å². The number of esters is 1. The van der Waals surface area contributed by atoms with Crippen LogP contribution in [0.25, 0.3) is 0 Å². The highest BCUT2D eigenvalue weighted by Crippen LogP contribution is 2.30. The van der Waals surface area contributed by atoms with Crippen LogP contribution in [-0.2, 0) is 9.53 Å². The predicted molar refractivity (Wildman–Crippen MR) is 75.5 cm³/mol. The van der Waals surface area contributed by atoms with Gasteiger partial charge in [-0.05, 0) is 24.3 Å². The molecule has 0 aliphatic carbocycles. The molecule has 1 fully saturated rings. The van der Waals surface area contributed by atoms with Gasteiger partial charge in [-0.2, -0.15) is 11.8 Å². The highest BCUT2D eigenvalue weighted by Gasteiger charge is 2.44. The van der Waals surface area contributed by atoms with Gasteiger partial charge in [-0.25, -0.2) is 13.6 Å². The fourth-order valence-electron chi connectivity index (χ4n) is 2.06. The molecule has 1 aromatic carbocycles. The van der Waals surface area contributed by atoms with Crippen LogP contribution in [0.3, 0.4) is 0 Å². The molecule has 0 saturated carbocycles. The number of thioether (sulfide) groups is 1. The predicted octanol–water partition coefficient (Wildman–Crippen LogP) is 2.40. The van der Waals surface area contributed by atoms with E-state index >= 15 is 0 Å². The molecule has 1 aliphatic heterocycles. The summed E-state index contributed by atoms with van der Waals surface area (Å²) in [4.78, 5) is 24.0. The summed E-state index contributed by atoms with van der Waals surface area (Å²) in [5, 5.41) is 1.74. The minimum Gasteiger partial charge on any atom is -0.467 e. The van der Waals surface area contributed by atoms with Gasteiger partial charge >= 0.3 is 5.97 Å². The van der Waals surface area contributed by atoms with Crippen LogP contribution >= 0.6 is 23.4 Å². The molecule has 8 heteroatoms. The van der Waals surface area contributed by atoms with Crippen molar-refractivity contribution in [1.29, 1.82) is 0 Å². The van der Waals surface area contributed by atoms with Crippen LogP contribution in [0.1, 0.15) is 16.8 Å². The molecule has 1 N–H and O–H groups in total. The quantitative estimate of drug-likeness (QED) is 0.681. The molecule has 1 aromatic rings. The number of amides is 1. The second-order valence-electron chi connectivity index (χ2n) is 4.55. The van der Waals surface area contributed by atoms with Crippen LogP contribution in [0.4, 0.5) is 8.78 Å². The molecular formula is C13H12ClF2NO3S. The topological polar surface area (TPSA) is 55.4 Å². The fourth-order valence-corrected chi connectivity index (χ4v) is 3.54. The Bertz CT molecular complexity index is 591. The van der Waals surface area contributed by atoms with Gasteiger partial charge in [0.05, 0.1) is 12.7 Å². The van der Waals surface area contributed by atoms with E-state index in [0.29, 0.717) is 17.9 Å². The Morgan fingerprint density at radius 3 is 2.71 bits per heavy atom. The number of halogens is 3. The molecule has 2 rings (SSSR count). The number of nitrogens with one attached hydrogen (secondary N) is 1. The van der Waals surface area contributed by atoms with Gasteiger partial charge in [0.25, 0.3) is 5.91 Å². The molecule has 1 aliphatic rings. The van der Waals surface area contributed by atoms with Gasteiger partial charge in [0.1, 0.15) is 16.4 Å². The van der Waals surface area contributed by atoms with E-state index in [0.717, 1.165) is 12.1 Å². The Morgan fingerprint density at radius 1 is 1.43 bits per heavy atom. The Balaban J connectivity index is 2.28. The maximum Gasteiger partial charge on any atom is 0.332 e. The van der Waals surface area contributed by atoms with Crippen molar-refractivity contribution in [2.75, 3.05) is 18.6 Å². The van der Waals surface area contributed by atoms with Gasteiger partial charge < -0.3 is 10.1 Å². The summed E-state index contributed by atoms with van der Waals surface area (Å²) in [6.45, 7) is 0. The first-order chi connectivity index (χ1) is 9.91. The minimum atomic E-state index is -1.19. The molecule has 1 amide bonds. The number of hydrogen-bond donors (Lipinski definition) is 1. The van der Waals surface area contributed by atoms with Crippen LogP contribution < -0.4 is 5.32 Å². The van der Waals surface area contributed by atoms with E-state index < -0.39 is 39.6 Å². The van der Waals surface area contributed by atoms with Gasteiger partial charge in [0, 0.05) is 5.75 Å². The second kappa shape index (κ2) is 6.19. The lowest BCUT2D eigenvalue weighted by Crippen LogP contribution is -2.55. The van der Waals surface area contributed by atoms with Gasteiger partial charge in [0.2, 0.25) is 0 Å². The highest BCUT2D eigenvalue weighted by molar-refractivity contribution is 7.99. The third-order valence-corrected chi connectivity index (χ3v) is 4.77. The normalized spacial score (nSPS) is 21.1. The smallest absolute Gasteiger partial charge is 0.332 e. The van der Waals surface area contributed by atoms with Crippen LogP contribution in [0.15, 0.2) is 12.1 Å². The molecule has 4 nitrogen and oxygen atoms in total. The van der Waals surface area contributed by atoms with E-state index in [4.69, 9.17) is 16.3 Å². The summed E-state index contributed by atoms with van der Waals surface area (Å²) in [7, 11) is 1.22. The summed E-state index contributed by atoms with van der Waals surface area (Å²) in [6, 6.07) is 1.88. The lowest BCUT2D eigenvalue weighted by atomic mass is 9.98. The lowest BCUT2D eigenvalue weighted by molar-refractivity contribution is -0.147. The van der Waals surface area contributed by atoms with Crippen molar-refractivity contribution in [1.82, 2.24) is 5.32 Å². The number of hydrogen-bond acceptors (Lipinski definition) is 4. The number of rotatable bonds is 3. The van der Waals surface area contributed by atoms with Crippen molar-refractivity contribution >= 4 is 35.2 Å². The molecule has 114 valence electrons. The molecule has 1 heterocycles. The minimum absolute atomic E-state index is 0.335. The number of methoxy groups -OCH3 is 1. The maximum absolute atomic E-state index is 13.8. The Kier molecular flexibility index (Phi) is 4.73. The average Bonchev–Trinajstić information content (AvgIpc) is 2.93. The number of carbonyl (C=O) groups excluding carboxylic acids is 2. The van der Waals surface area contributed by atoms with E-state index in [1.54, 1.807) is 0 Å². The van der Waals surface area contributed by atoms with Crippen LogP contribution in [0.5, 0.6) is 0 Å². The zero-order valence-corrected chi connectivity index (χ0v) is 12.6. The van der Waals surface area contributed by atoms with E-state index in [1.165, 1.54) is 18.9 Å². The summed E-state index contributed by atoms with van der Waals surface area (Å²) in [5.41, 5.74) is -1.61. The van der Waals surface area contributed by atoms with E-state index in [2.05, 4.69) is 5.32 Å². The summed E-state index contributed by atoms with van der Waals surface area (Å²) < 4.78 is 31.6. The molecule has 0 unspecified atom stereocenters. The van der Waals surface area contributed by atoms with Gasteiger partial charge in [0.15, 0.2) is 5.82 Å². The van der Waals surface area contributed by atoms with Gasteiger partial charge in [-0.15, -0.1) is 0 Å². The van der Waals surface area contributed by atoms with E-state index in [9.17, 15) is 18.4 Å². The zero-order valence-electron chi connectivity index (χ0n) is 11.0. The molecule has 0 spiro atoms. The molecule has 0 radical (unpaired) electrons. The third-order valence-electron chi connectivity index (χ3n) is 3.23. The molecule has 0 bridgehead atoms. The van der Waals surface area contributed by atoms with Crippen LogP contribution in [-0.4, -0.2) is 36.0 Å². The van der Waals surface area contributed by atoms with Crippen LogP contribution in [0, 0.1) is 11.6 Å². The van der Waals surface area contributed by atoms with Crippen molar-refractivity contribution in [3.8, 4) is 0 Å². The monoisotopic (exact) mass is 335 g/mol. The maximum atomic E-state index is 13.8. The zero-order chi connectivity index (χ0) is 15.6. The molecular weight excluding hydrogens is 324 g/mol. The van der Waals surface area contributed by atoms with E-state index in [-0.39, 0.29) is 0 Å². The first kappa shape index (κ1) is 16.0. The number of ether oxygens (including phenoxy) is 1. The number of carbonyl (C=O) groups is 2. The van der Waals surface area contributed by atoms with Gasteiger partial charge in [-0.1, -0.05) is 11.6 Å². The largest absolute Gasteiger partial charge is 0.467 e. The van der Waals surface area contributed by atoms with Crippen molar-refractivity contribution in [3.05, 3.63) is 34.4 Å². The third kappa shape index (κ3) is 2.98. The van der Waals surface area contributed by atoms with Crippen LogP contribution in [0.2, 0.25) is 5.02 Å². The first-order valence-electron chi connectivity index (χ1n) is 6.03. The van der Waals surface area contributed by atoms with E-state index in [1.807, 2.05) is 0 Å². The fraction of sp³-hybridized carbons (Fsp3) is 0.385. The highest BCUT2D eigenvalue weighted by atomic mass is 35.5. The molecule has 1 saturated heterocycles. The van der Waals surface area contributed by atoms with Crippen molar-refractivity contribution < 1.29 is 23.1 Å². The molecule has 21 heavy (non-hydrogen) atoms. The standard InChI is InChI=1S/C13H12ClF2NO3S/c1-20-12(19)13(4-5-21-6-13)17-11(18)7-2-3-8(15)9(14)10(7)16/h2-3H,4-6H2,1H3,(H,17,18)/t13-/m0/s1.